The first kappa shape index (κ1) is 23.2. The molecular weight excluding hydrogens is 454 g/mol. The Morgan fingerprint density at radius 3 is 1.82 bits per heavy atom. The maximum absolute atomic E-state index is 13.6. The topological polar surface area (TPSA) is 107 Å². The molecule has 34 heavy (non-hydrogen) atoms. The van der Waals surface area contributed by atoms with Crippen molar-refractivity contribution in [1.82, 2.24) is 9.13 Å². The van der Waals surface area contributed by atoms with E-state index in [2.05, 4.69) is 5.32 Å². The van der Waals surface area contributed by atoms with Crippen LogP contribution in [0, 0.1) is 0 Å². The Kier molecular flexibility index (Phi) is 6.21. The number of carbonyl (C=O) groups excluding carboxylic acids is 1. The number of hydrogen-bond donors (Lipinski definition) is 1. The smallest absolute Gasteiger partial charge is 0.316 e. The largest absolute Gasteiger partial charge is 0.321 e. The van der Waals surface area contributed by atoms with Gasteiger partial charge in [-0.05, 0) is 50.2 Å². The molecule has 0 atom stereocenters. The molecule has 0 aliphatic heterocycles. The van der Waals surface area contributed by atoms with E-state index < -0.39 is 26.9 Å². The number of fused-ring (bicyclic) bond motifs is 1. The summed E-state index contributed by atoms with van der Waals surface area (Å²) in [5, 5.41) is 2.70. The van der Waals surface area contributed by atoms with Crippen molar-refractivity contribution < 1.29 is 13.2 Å². The molecule has 8 nitrogen and oxygen atoms in total. The van der Waals surface area contributed by atoms with Crippen LogP contribution in [0.3, 0.4) is 0 Å². The van der Waals surface area contributed by atoms with Gasteiger partial charge in [-0.3, -0.25) is 14.4 Å². The second-order valence-electron chi connectivity index (χ2n) is 7.57. The molecule has 174 valence electrons. The number of hydrogen-bond acceptors (Lipinski definition) is 5. The molecule has 1 aromatic heterocycles. The van der Waals surface area contributed by atoms with Crippen LogP contribution in [-0.2, 0) is 22.9 Å². The lowest BCUT2D eigenvalue weighted by Gasteiger charge is -2.18. The number of nitrogens with one attached hydrogen (secondary N) is 1. The summed E-state index contributed by atoms with van der Waals surface area (Å²) >= 11 is 0. The van der Waals surface area contributed by atoms with Crippen molar-refractivity contribution in [3.63, 3.8) is 0 Å². The first-order chi connectivity index (χ1) is 16.3. The maximum Gasteiger partial charge on any atom is 0.316 e. The Morgan fingerprint density at radius 1 is 0.794 bits per heavy atom. The van der Waals surface area contributed by atoms with Crippen molar-refractivity contribution in [3.05, 3.63) is 99.1 Å². The number of benzene rings is 3. The minimum atomic E-state index is -4.07. The molecule has 1 amide bonds. The Bertz CT molecular complexity index is 1610. The summed E-state index contributed by atoms with van der Waals surface area (Å²) in [7, 11) is -4.07. The SMILES string of the molecule is CCn1c(=O)c(=O)n(CC)c2cc(S(=O)(=O)c3ccccc3)c(NC(=O)c3ccccc3)cc21. The molecule has 0 unspecified atom stereocenters. The van der Waals surface area contributed by atoms with E-state index in [1.54, 1.807) is 62.4 Å². The molecule has 3 aromatic carbocycles. The van der Waals surface area contributed by atoms with E-state index in [0.29, 0.717) is 16.6 Å². The zero-order valence-electron chi connectivity index (χ0n) is 18.7. The lowest BCUT2D eigenvalue weighted by Crippen LogP contribution is -2.41. The first-order valence-corrected chi connectivity index (χ1v) is 12.3. The molecule has 0 saturated carbocycles. The number of anilines is 1. The highest BCUT2D eigenvalue weighted by Crippen LogP contribution is 2.32. The molecule has 9 heteroatoms. The predicted molar refractivity (Wildman–Crippen MR) is 130 cm³/mol. The molecule has 0 radical (unpaired) electrons. The summed E-state index contributed by atoms with van der Waals surface area (Å²) in [5.41, 5.74) is -0.438. The zero-order chi connectivity index (χ0) is 24.5. The van der Waals surface area contributed by atoms with Gasteiger partial charge in [0.15, 0.2) is 0 Å². The number of amides is 1. The van der Waals surface area contributed by atoms with Crippen LogP contribution < -0.4 is 16.4 Å². The van der Waals surface area contributed by atoms with E-state index in [1.807, 2.05) is 0 Å². The van der Waals surface area contributed by atoms with Crippen LogP contribution in [-0.4, -0.2) is 23.5 Å². The molecule has 0 spiro atoms. The molecule has 0 fully saturated rings. The molecule has 4 aromatic rings. The molecule has 0 aliphatic rings. The van der Waals surface area contributed by atoms with Crippen LogP contribution in [0.1, 0.15) is 24.2 Å². The number of sulfone groups is 1. The molecule has 4 rings (SSSR count). The van der Waals surface area contributed by atoms with Crippen molar-refractivity contribution in [2.45, 2.75) is 36.7 Å². The summed E-state index contributed by atoms with van der Waals surface area (Å²) in [4.78, 5) is 38.2. The second-order valence-corrected chi connectivity index (χ2v) is 9.49. The number of nitrogens with zero attached hydrogens (tertiary/aromatic N) is 2. The zero-order valence-corrected chi connectivity index (χ0v) is 19.5. The van der Waals surface area contributed by atoms with Crippen LogP contribution in [0.25, 0.3) is 11.0 Å². The van der Waals surface area contributed by atoms with Gasteiger partial charge < -0.3 is 14.5 Å². The fraction of sp³-hybridized carbons (Fsp3) is 0.160. The number of aromatic nitrogens is 2. The van der Waals surface area contributed by atoms with E-state index in [4.69, 9.17) is 0 Å². The summed E-state index contributed by atoms with van der Waals surface area (Å²) in [6, 6.07) is 19.0. The van der Waals surface area contributed by atoms with Crippen molar-refractivity contribution in [1.29, 1.82) is 0 Å². The van der Waals surface area contributed by atoms with Gasteiger partial charge in [0, 0.05) is 18.7 Å². The standard InChI is InChI=1S/C25H23N3O5S/c1-3-27-20-15-19(26-23(29)17-11-7-5-8-12-17)22(34(32,33)18-13-9-6-10-14-18)16-21(20)28(4-2)25(31)24(27)30/h5-16H,3-4H2,1-2H3,(H,26,29). The van der Waals surface area contributed by atoms with Gasteiger partial charge in [-0.2, -0.15) is 0 Å². The lowest BCUT2D eigenvalue weighted by molar-refractivity contribution is 0.102. The van der Waals surface area contributed by atoms with Gasteiger partial charge in [0.1, 0.15) is 0 Å². The van der Waals surface area contributed by atoms with Gasteiger partial charge in [-0.25, -0.2) is 8.42 Å². The minimum Gasteiger partial charge on any atom is -0.321 e. The average molecular weight is 478 g/mol. The highest BCUT2D eigenvalue weighted by molar-refractivity contribution is 7.91. The van der Waals surface area contributed by atoms with Gasteiger partial charge in [0.25, 0.3) is 5.91 Å². The van der Waals surface area contributed by atoms with Gasteiger partial charge in [0.05, 0.1) is 26.5 Å². The van der Waals surface area contributed by atoms with Crippen LogP contribution in [0.5, 0.6) is 0 Å². The number of aryl methyl sites for hydroxylation is 2. The van der Waals surface area contributed by atoms with Crippen molar-refractivity contribution in [2.24, 2.45) is 0 Å². The maximum atomic E-state index is 13.6. The second kappa shape index (κ2) is 9.11. The number of rotatable bonds is 6. The Balaban J connectivity index is 2.06. The van der Waals surface area contributed by atoms with Gasteiger partial charge in [-0.15, -0.1) is 0 Å². The Morgan fingerprint density at radius 2 is 1.29 bits per heavy atom. The summed E-state index contributed by atoms with van der Waals surface area (Å²) in [6.45, 7) is 3.79. The highest BCUT2D eigenvalue weighted by Gasteiger charge is 2.25. The molecule has 0 aliphatic carbocycles. The van der Waals surface area contributed by atoms with Crippen LogP contribution in [0.2, 0.25) is 0 Å². The van der Waals surface area contributed by atoms with Crippen molar-refractivity contribution in [2.75, 3.05) is 5.32 Å². The predicted octanol–water partition coefficient (Wildman–Crippen LogP) is 3.29. The normalized spacial score (nSPS) is 11.5. The molecule has 1 heterocycles. The van der Waals surface area contributed by atoms with Crippen LogP contribution >= 0.6 is 0 Å². The molecular formula is C25H23N3O5S. The van der Waals surface area contributed by atoms with E-state index in [-0.39, 0.29) is 28.6 Å². The van der Waals surface area contributed by atoms with E-state index in [0.717, 1.165) is 0 Å². The van der Waals surface area contributed by atoms with Crippen molar-refractivity contribution in [3.8, 4) is 0 Å². The van der Waals surface area contributed by atoms with Gasteiger partial charge in [-0.1, -0.05) is 36.4 Å². The van der Waals surface area contributed by atoms with E-state index >= 15 is 0 Å². The van der Waals surface area contributed by atoms with Crippen LogP contribution in [0.4, 0.5) is 5.69 Å². The minimum absolute atomic E-state index is 0.0214. The first-order valence-electron chi connectivity index (χ1n) is 10.8. The Hall–Kier alpha value is -3.98. The average Bonchev–Trinajstić information content (AvgIpc) is 2.86. The van der Waals surface area contributed by atoms with Crippen LogP contribution in [0.15, 0.2) is 92.2 Å². The molecule has 0 bridgehead atoms. The van der Waals surface area contributed by atoms with E-state index in [1.165, 1.54) is 33.4 Å². The molecule has 1 N–H and O–H groups in total. The highest BCUT2D eigenvalue weighted by atomic mass is 32.2. The third kappa shape index (κ3) is 3.94. The monoisotopic (exact) mass is 477 g/mol. The summed E-state index contributed by atoms with van der Waals surface area (Å²) in [5.74, 6) is -0.501. The third-order valence-corrected chi connectivity index (χ3v) is 7.40. The number of carbonyl (C=O) groups is 1. The fourth-order valence-corrected chi connectivity index (χ4v) is 5.33. The van der Waals surface area contributed by atoms with Gasteiger partial charge in [0.2, 0.25) is 9.84 Å². The van der Waals surface area contributed by atoms with Gasteiger partial charge >= 0.3 is 11.1 Å². The van der Waals surface area contributed by atoms with Crippen molar-refractivity contribution >= 4 is 32.5 Å². The Labute approximate surface area is 196 Å². The molecule has 0 saturated heterocycles. The summed E-state index contributed by atoms with van der Waals surface area (Å²) < 4.78 is 29.8. The third-order valence-electron chi connectivity index (χ3n) is 5.59. The van der Waals surface area contributed by atoms with E-state index in [9.17, 15) is 22.8 Å². The summed E-state index contributed by atoms with van der Waals surface area (Å²) in [6.07, 6.45) is 0. The lowest BCUT2D eigenvalue weighted by atomic mass is 10.2. The fourth-order valence-electron chi connectivity index (χ4n) is 3.90. The quantitative estimate of drug-likeness (QED) is 0.429.